The number of methoxy groups -OCH3 is 1. The zero-order chi connectivity index (χ0) is 20.7. The van der Waals surface area contributed by atoms with Gasteiger partial charge in [0.15, 0.2) is 0 Å². The van der Waals surface area contributed by atoms with Crippen LogP contribution < -0.4 is 14.8 Å². The number of nitrogens with one attached hydrogen (secondary N) is 1. The third kappa shape index (κ3) is 3.23. The van der Waals surface area contributed by atoms with E-state index in [1.807, 2.05) is 0 Å². The predicted molar refractivity (Wildman–Crippen MR) is 124 cm³/mol. The van der Waals surface area contributed by atoms with Crippen molar-refractivity contribution in [2.45, 2.75) is 32.2 Å². The summed E-state index contributed by atoms with van der Waals surface area (Å²) in [6, 6.07) is 19.6. The molecule has 0 fully saturated rings. The van der Waals surface area contributed by atoms with Crippen LogP contribution in [0.3, 0.4) is 0 Å². The lowest BCUT2D eigenvalue weighted by Gasteiger charge is -2.38. The molecule has 3 heteroatoms. The highest BCUT2D eigenvalue weighted by Crippen LogP contribution is 2.53. The van der Waals surface area contributed by atoms with Crippen LogP contribution in [0, 0.1) is 11.8 Å². The Morgan fingerprint density at radius 3 is 2.77 bits per heavy atom. The van der Waals surface area contributed by atoms with Gasteiger partial charge >= 0.3 is 0 Å². The van der Waals surface area contributed by atoms with E-state index < -0.39 is 0 Å². The number of anilines is 1. The van der Waals surface area contributed by atoms with Gasteiger partial charge in [0.25, 0.3) is 0 Å². The molecule has 3 unspecified atom stereocenters. The van der Waals surface area contributed by atoms with Gasteiger partial charge in [0.1, 0.15) is 11.5 Å². The Morgan fingerprint density at radius 1 is 1.07 bits per heavy atom. The minimum absolute atomic E-state index is 0.195. The molecule has 2 aliphatic rings. The fourth-order valence-corrected chi connectivity index (χ4v) is 4.99. The van der Waals surface area contributed by atoms with E-state index in [1.54, 1.807) is 7.11 Å². The van der Waals surface area contributed by atoms with E-state index in [4.69, 9.17) is 9.47 Å². The van der Waals surface area contributed by atoms with Gasteiger partial charge in [-0.25, -0.2) is 0 Å². The summed E-state index contributed by atoms with van der Waals surface area (Å²) < 4.78 is 11.9. The van der Waals surface area contributed by atoms with E-state index in [0.29, 0.717) is 17.8 Å². The molecule has 1 heterocycles. The van der Waals surface area contributed by atoms with Crippen molar-refractivity contribution in [1.29, 1.82) is 0 Å². The fraction of sp³-hybridized carbons (Fsp3) is 0.333. The zero-order valence-electron chi connectivity index (χ0n) is 17.9. The number of benzene rings is 3. The molecule has 154 valence electrons. The molecule has 1 N–H and O–H groups in total. The second-order valence-corrected chi connectivity index (χ2v) is 8.83. The van der Waals surface area contributed by atoms with Gasteiger partial charge in [-0.05, 0) is 58.9 Å². The van der Waals surface area contributed by atoms with Gasteiger partial charge < -0.3 is 14.8 Å². The SMILES string of the molecule is COc1ccc2ccccc2c1C1Nc2ccc(OCC(C)C)cc2C2C=CCC21. The van der Waals surface area contributed by atoms with Crippen molar-refractivity contribution in [3.63, 3.8) is 0 Å². The fourth-order valence-electron chi connectivity index (χ4n) is 4.99. The lowest BCUT2D eigenvalue weighted by Crippen LogP contribution is -2.29. The number of hydrogen-bond acceptors (Lipinski definition) is 3. The van der Waals surface area contributed by atoms with Crippen LogP contribution in [0.25, 0.3) is 10.8 Å². The highest BCUT2D eigenvalue weighted by atomic mass is 16.5. The molecule has 3 nitrogen and oxygen atoms in total. The van der Waals surface area contributed by atoms with E-state index in [1.165, 1.54) is 27.6 Å². The first-order chi connectivity index (χ1) is 14.7. The zero-order valence-corrected chi connectivity index (χ0v) is 17.9. The van der Waals surface area contributed by atoms with Crippen LogP contribution in [0.1, 0.15) is 43.4 Å². The molecule has 0 amide bonds. The van der Waals surface area contributed by atoms with Gasteiger partial charge in [-0.1, -0.05) is 56.3 Å². The average Bonchev–Trinajstić information content (AvgIpc) is 3.27. The maximum atomic E-state index is 6.02. The Balaban J connectivity index is 1.58. The van der Waals surface area contributed by atoms with Crippen molar-refractivity contribution in [2.75, 3.05) is 19.0 Å². The van der Waals surface area contributed by atoms with Crippen LogP contribution in [-0.2, 0) is 0 Å². The molecule has 0 radical (unpaired) electrons. The lowest BCUT2D eigenvalue weighted by molar-refractivity contribution is 0.270. The van der Waals surface area contributed by atoms with Gasteiger partial charge in [0.2, 0.25) is 0 Å². The van der Waals surface area contributed by atoms with E-state index in [-0.39, 0.29) is 6.04 Å². The van der Waals surface area contributed by atoms with Gasteiger partial charge in [0, 0.05) is 17.2 Å². The minimum Gasteiger partial charge on any atom is -0.496 e. The first kappa shape index (κ1) is 19.0. The van der Waals surface area contributed by atoms with Gasteiger partial charge in [-0.2, -0.15) is 0 Å². The maximum Gasteiger partial charge on any atom is 0.124 e. The van der Waals surface area contributed by atoms with Crippen LogP contribution in [0.2, 0.25) is 0 Å². The molecule has 3 atom stereocenters. The van der Waals surface area contributed by atoms with Crippen LogP contribution in [0.4, 0.5) is 5.69 Å². The minimum atomic E-state index is 0.195. The molecule has 0 saturated carbocycles. The van der Waals surface area contributed by atoms with Crippen molar-refractivity contribution >= 4 is 16.5 Å². The highest BCUT2D eigenvalue weighted by Gasteiger charge is 2.39. The molecular weight excluding hydrogens is 370 g/mol. The van der Waals surface area contributed by atoms with Crippen molar-refractivity contribution in [2.24, 2.45) is 11.8 Å². The highest BCUT2D eigenvalue weighted by molar-refractivity contribution is 5.89. The molecule has 0 saturated heterocycles. The van der Waals surface area contributed by atoms with Crippen LogP contribution >= 0.6 is 0 Å². The molecular formula is C27H29NO2. The number of hydrogen-bond donors (Lipinski definition) is 1. The predicted octanol–water partition coefficient (Wildman–Crippen LogP) is 6.71. The van der Waals surface area contributed by atoms with Crippen molar-refractivity contribution in [3.8, 4) is 11.5 Å². The Bertz CT molecular complexity index is 1100. The summed E-state index contributed by atoms with van der Waals surface area (Å²) in [4.78, 5) is 0. The number of rotatable bonds is 5. The Kier molecular flexibility index (Phi) is 4.90. The summed E-state index contributed by atoms with van der Waals surface area (Å²) in [6.07, 6.45) is 5.77. The van der Waals surface area contributed by atoms with Gasteiger partial charge in [-0.15, -0.1) is 0 Å². The second-order valence-electron chi connectivity index (χ2n) is 8.83. The molecule has 30 heavy (non-hydrogen) atoms. The summed E-state index contributed by atoms with van der Waals surface area (Å²) >= 11 is 0. The van der Waals surface area contributed by atoms with E-state index >= 15 is 0 Å². The lowest BCUT2D eigenvalue weighted by atomic mass is 9.76. The van der Waals surface area contributed by atoms with Crippen LogP contribution in [0.15, 0.2) is 66.7 Å². The monoisotopic (exact) mass is 399 g/mol. The van der Waals surface area contributed by atoms with Crippen molar-refractivity contribution in [3.05, 3.63) is 77.9 Å². The van der Waals surface area contributed by atoms with Gasteiger partial charge in [-0.3, -0.25) is 0 Å². The van der Waals surface area contributed by atoms with E-state index in [2.05, 4.69) is 85.9 Å². The second kappa shape index (κ2) is 7.71. The summed E-state index contributed by atoms with van der Waals surface area (Å²) in [5.74, 6) is 3.28. The van der Waals surface area contributed by atoms with Gasteiger partial charge in [0.05, 0.1) is 19.8 Å². The smallest absolute Gasteiger partial charge is 0.124 e. The van der Waals surface area contributed by atoms with Crippen molar-refractivity contribution in [1.82, 2.24) is 0 Å². The molecule has 1 aliphatic carbocycles. The normalized spacial score (nSPS) is 21.9. The standard InChI is InChI=1S/C27H29NO2/c1-17(2)16-30-19-12-13-24-23(15-19)21-9-6-10-22(21)27(28-24)26-20-8-5-4-7-18(20)11-14-25(26)29-3/h4-9,11-15,17,21-22,27-28H,10,16H2,1-3H3. The first-order valence-corrected chi connectivity index (χ1v) is 10.9. The molecule has 5 rings (SSSR count). The van der Waals surface area contributed by atoms with Crippen molar-refractivity contribution < 1.29 is 9.47 Å². The summed E-state index contributed by atoms with van der Waals surface area (Å²) in [6.45, 7) is 5.10. The summed E-state index contributed by atoms with van der Waals surface area (Å²) in [7, 11) is 1.77. The Labute approximate surface area is 178 Å². The molecule has 1 aliphatic heterocycles. The maximum absolute atomic E-state index is 6.02. The summed E-state index contributed by atoms with van der Waals surface area (Å²) in [5, 5.41) is 6.38. The molecule has 3 aromatic carbocycles. The number of allylic oxidation sites excluding steroid dienone is 2. The third-order valence-corrected chi connectivity index (χ3v) is 6.38. The third-order valence-electron chi connectivity index (χ3n) is 6.38. The van der Waals surface area contributed by atoms with E-state index in [0.717, 1.165) is 24.5 Å². The quantitative estimate of drug-likeness (QED) is 0.484. The largest absolute Gasteiger partial charge is 0.496 e. The molecule has 0 aromatic heterocycles. The Hall–Kier alpha value is -2.94. The Morgan fingerprint density at radius 2 is 1.93 bits per heavy atom. The van der Waals surface area contributed by atoms with Crippen LogP contribution in [0.5, 0.6) is 11.5 Å². The number of fused-ring (bicyclic) bond motifs is 4. The average molecular weight is 400 g/mol. The van der Waals surface area contributed by atoms with Crippen LogP contribution in [-0.4, -0.2) is 13.7 Å². The topological polar surface area (TPSA) is 30.5 Å². The first-order valence-electron chi connectivity index (χ1n) is 10.9. The molecule has 3 aromatic rings. The summed E-state index contributed by atoms with van der Waals surface area (Å²) in [5.41, 5.74) is 3.80. The number of ether oxygens (including phenoxy) is 2. The molecule has 0 bridgehead atoms. The van der Waals surface area contributed by atoms with E-state index in [9.17, 15) is 0 Å². The molecule has 0 spiro atoms.